The maximum absolute atomic E-state index is 11.8. The van der Waals surface area contributed by atoms with Crippen molar-refractivity contribution in [3.8, 4) is 5.75 Å². The van der Waals surface area contributed by atoms with Gasteiger partial charge in [0, 0.05) is 13.1 Å². The summed E-state index contributed by atoms with van der Waals surface area (Å²) in [7, 11) is 0. The largest absolute Gasteiger partial charge is 0.480 e. The molecule has 4 nitrogen and oxygen atoms in total. The van der Waals surface area contributed by atoms with Gasteiger partial charge in [-0.2, -0.15) is 0 Å². The molecule has 0 N–H and O–H groups in total. The van der Waals surface area contributed by atoms with Gasteiger partial charge in [0.15, 0.2) is 11.6 Å². The fourth-order valence-electron chi connectivity index (χ4n) is 2.24. The van der Waals surface area contributed by atoms with Crippen molar-refractivity contribution in [2.24, 2.45) is 0 Å². The first-order valence-electron chi connectivity index (χ1n) is 6.20. The Morgan fingerprint density at radius 3 is 2.79 bits per heavy atom. The SMILES string of the molecule is CC(=O)N1CC(c2ccccc2)Oc2cccnc21. The molecule has 1 aromatic heterocycles. The lowest BCUT2D eigenvalue weighted by Crippen LogP contribution is -2.39. The van der Waals surface area contributed by atoms with Crippen LogP contribution < -0.4 is 9.64 Å². The van der Waals surface area contributed by atoms with Gasteiger partial charge in [-0.3, -0.25) is 9.69 Å². The zero-order valence-electron chi connectivity index (χ0n) is 10.6. The maximum atomic E-state index is 11.8. The average Bonchev–Trinajstić information content (AvgIpc) is 2.47. The normalized spacial score (nSPS) is 17.5. The summed E-state index contributed by atoms with van der Waals surface area (Å²) in [4.78, 5) is 17.7. The van der Waals surface area contributed by atoms with E-state index in [0.29, 0.717) is 18.1 Å². The van der Waals surface area contributed by atoms with Crippen LogP contribution in [0, 0.1) is 0 Å². The number of benzene rings is 1. The molecular weight excluding hydrogens is 240 g/mol. The quantitative estimate of drug-likeness (QED) is 0.785. The van der Waals surface area contributed by atoms with Gasteiger partial charge in [0.2, 0.25) is 5.91 Å². The molecule has 1 amide bonds. The van der Waals surface area contributed by atoms with E-state index in [-0.39, 0.29) is 12.0 Å². The zero-order chi connectivity index (χ0) is 13.2. The molecule has 2 heterocycles. The summed E-state index contributed by atoms with van der Waals surface area (Å²) in [5.74, 6) is 1.23. The Morgan fingerprint density at radius 1 is 1.26 bits per heavy atom. The highest BCUT2D eigenvalue weighted by atomic mass is 16.5. The number of anilines is 1. The van der Waals surface area contributed by atoms with Crippen molar-refractivity contribution in [2.45, 2.75) is 13.0 Å². The lowest BCUT2D eigenvalue weighted by molar-refractivity contribution is -0.117. The average molecular weight is 254 g/mol. The number of hydrogen-bond donors (Lipinski definition) is 0. The Balaban J connectivity index is 1.99. The number of carbonyl (C=O) groups is 1. The molecule has 0 aliphatic carbocycles. The van der Waals surface area contributed by atoms with Gasteiger partial charge in [-0.25, -0.2) is 4.98 Å². The Labute approximate surface area is 111 Å². The number of hydrogen-bond acceptors (Lipinski definition) is 3. The van der Waals surface area contributed by atoms with Crippen LogP contribution in [0.15, 0.2) is 48.7 Å². The molecule has 0 saturated heterocycles. The van der Waals surface area contributed by atoms with Crippen LogP contribution in [0.1, 0.15) is 18.6 Å². The first-order chi connectivity index (χ1) is 9.25. The topological polar surface area (TPSA) is 42.4 Å². The molecule has 96 valence electrons. The molecule has 2 aromatic rings. The van der Waals surface area contributed by atoms with Gasteiger partial charge in [-0.05, 0) is 17.7 Å². The summed E-state index contributed by atoms with van der Waals surface area (Å²) in [5.41, 5.74) is 1.06. The van der Waals surface area contributed by atoms with Gasteiger partial charge >= 0.3 is 0 Å². The second kappa shape index (κ2) is 4.72. The molecule has 19 heavy (non-hydrogen) atoms. The van der Waals surface area contributed by atoms with E-state index in [0.717, 1.165) is 5.56 Å². The molecule has 1 atom stereocenters. The highest BCUT2D eigenvalue weighted by Gasteiger charge is 2.29. The molecule has 1 aliphatic heterocycles. The van der Waals surface area contributed by atoms with Gasteiger partial charge in [0.1, 0.15) is 6.10 Å². The van der Waals surface area contributed by atoms with Gasteiger partial charge in [-0.15, -0.1) is 0 Å². The Hall–Kier alpha value is -2.36. The van der Waals surface area contributed by atoms with E-state index in [1.54, 1.807) is 18.0 Å². The minimum atomic E-state index is -0.151. The Morgan fingerprint density at radius 2 is 2.05 bits per heavy atom. The molecule has 0 spiro atoms. The van der Waals surface area contributed by atoms with Gasteiger partial charge in [0.25, 0.3) is 0 Å². The van der Waals surface area contributed by atoms with Crippen molar-refractivity contribution in [1.82, 2.24) is 4.98 Å². The van der Waals surface area contributed by atoms with Crippen LogP contribution in [0.25, 0.3) is 0 Å². The predicted octanol–water partition coefficient (Wildman–Crippen LogP) is 2.57. The summed E-state index contributed by atoms with van der Waals surface area (Å²) < 4.78 is 5.94. The van der Waals surface area contributed by atoms with E-state index in [9.17, 15) is 4.79 Å². The lowest BCUT2D eigenvalue weighted by atomic mass is 10.1. The first-order valence-corrected chi connectivity index (χ1v) is 6.20. The molecule has 3 rings (SSSR count). The number of nitrogens with zero attached hydrogens (tertiary/aromatic N) is 2. The molecule has 1 unspecified atom stereocenters. The number of pyridine rings is 1. The number of amides is 1. The predicted molar refractivity (Wildman–Crippen MR) is 72.1 cm³/mol. The van der Waals surface area contributed by atoms with Crippen molar-refractivity contribution < 1.29 is 9.53 Å². The van der Waals surface area contributed by atoms with Crippen LogP contribution in [-0.2, 0) is 4.79 Å². The van der Waals surface area contributed by atoms with Crippen LogP contribution in [0.4, 0.5) is 5.82 Å². The number of ether oxygens (including phenoxy) is 1. The van der Waals surface area contributed by atoms with Crippen LogP contribution in [-0.4, -0.2) is 17.4 Å². The van der Waals surface area contributed by atoms with Gasteiger partial charge in [-0.1, -0.05) is 30.3 Å². The third-order valence-electron chi connectivity index (χ3n) is 3.18. The minimum absolute atomic E-state index is 0.0239. The molecule has 0 saturated carbocycles. The van der Waals surface area contributed by atoms with E-state index in [1.165, 1.54) is 0 Å². The van der Waals surface area contributed by atoms with Crippen LogP contribution in [0.3, 0.4) is 0 Å². The summed E-state index contributed by atoms with van der Waals surface area (Å²) in [6.07, 6.45) is 1.52. The van der Waals surface area contributed by atoms with Crippen molar-refractivity contribution in [2.75, 3.05) is 11.4 Å². The second-order valence-corrected chi connectivity index (χ2v) is 4.47. The number of aromatic nitrogens is 1. The van der Waals surface area contributed by atoms with Gasteiger partial charge < -0.3 is 4.74 Å². The van der Waals surface area contributed by atoms with E-state index < -0.39 is 0 Å². The summed E-state index contributed by atoms with van der Waals surface area (Å²) in [5, 5.41) is 0. The smallest absolute Gasteiger partial charge is 0.225 e. The zero-order valence-corrected chi connectivity index (χ0v) is 10.6. The van der Waals surface area contributed by atoms with Crippen molar-refractivity contribution >= 4 is 11.7 Å². The van der Waals surface area contributed by atoms with Crippen molar-refractivity contribution in [3.05, 3.63) is 54.2 Å². The van der Waals surface area contributed by atoms with Crippen molar-refractivity contribution in [1.29, 1.82) is 0 Å². The van der Waals surface area contributed by atoms with Crippen LogP contribution >= 0.6 is 0 Å². The third kappa shape index (κ3) is 2.17. The van der Waals surface area contributed by atoms with Gasteiger partial charge in [0.05, 0.1) is 6.54 Å². The van der Waals surface area contributed by atoms with E-state index >= 15 is 0 Å². The van der Waals surface area contributed by atoms with E-state index in [2.05, 4.69) is 4.98 Å². The van der Waals surface area contributed by atoms with E-state index in [1.807, 2.05) is 42.5 Å². The molecular formula is C15H14N2O2. The Kier molecular flexibility index (Phi) is 2.91. The summed E-state index contributed by atoms with van der Waals surface area (Å²) in [6.45, 7) is 2.04. The fraction of sp³-hybridized carbons (Fsp3) is 0.200. The first kappa shape index (κ1) is 11.7. The number of carbonyl (C=O) groups excluding carboxylic acids is 1. The minimum Gasteiger partial charge on any atom is -0.480 e. The maximum Gasteiger partial charge on any atom is 0.225 e. The second-order valence-electron chi connectivity index (χ2n) is 4.47. The summed E-state index contributed by atoms with van der Waals surface area (Å²) in [6, 6.07) is 13.6. The third-order valence-corrected chi connectivity index (χ3v) is 3.18. The number of rotatable bonds is 1. The van der Waals surface area contributed by atoms with E-state index in [4.69, 9.17) is 4.74 Å². The number of fused-ring (bicyclic) bond motifs is 1. The monoisotopic (exact) mass is 254 g/mol. The van der Waals surface area contributed by atoms with Crippen molar-refractivity contribution in [3.63, 3.8) is 0 Å². The highest BCUT2D eigenvalue weighted by Crippen LogP contribution is 2.35. The molecule has 0 fully saturated rings. The molecule has 4 heteroatoms. The van der Waals surface area contributed by atoms with Crippen LogP contribution in [0.2, 0.25) is 0 Å². The molecule has 1 aromatic carbocycles. The lowest BCUT2D eigenvalue weighted by Gasteiger charge is -2.33. The molecule has 1 aliphatic rings. The summed E-state index contributed by atoms with van der Waals surface area (Å²) >= 11 is 0. The van der Waals surface area contributed by atoms with Crippen LogP contribution in [0.5, 0.6) is 5.75 Å². The standard InChI is InChI=1S/C15H14N2O2/c1-11(18)17-10-14(12-6-3-2-4-7-12)19-13-8-5-9-16-15(13)17/h2-9,14H,10H2,1H3. The Bertz CT molecular complexity index is 598. The molecule has 0 bridgehead atoms. The highest BCUT2D eigenvalue weighted by molar-refractivity contribution is 5.92. The fourth-order valence-corrected chi connectivity index (χ4v) is 2.24. The molecule has 0 radical (unpaired) electrons.